The largest absolute Gasteiger partial charge is 0.363 e. The third-order valence-electron chi connectivity index (χ3n) is 5.38. The highest BCUT2D eigenvalue weighted by molar-refractivity contribution is 7.14. The van der Waals surface area contributed by atoms with Crippen LogP contribution in [0.15, 0.2) is 46.9 Å². The second-order valence-corrected chi connectivity index (χ2v) is 8.30. The summed E-state index contributed by atoms with van der Waals surface area (Å²) in [4.78, 5) is 10.4. The summed E-state index contributed by atoms with van der Waals surface area (Å²) in [6.07, 6.45) is 4.94. The van der Waals surface area contributed by atoms with Gasteiger partial charge in [-0.2, -0.15) is 0 Å². The van der Waals surface area contributed by atoms with Gasteiger partial charge < -0.3 is 20.5 Å². The minimum absolute atomic E-state index is 0.203. The zero-order valence-corrected chi connectivity index (χ0v) is 17.6. The van der Waals surface area contributed by atoms with E-state index in [1.165, 1.54) is 11.1 Å². The summed E-state index contributed by atoms with van der Waals surface area (Å²) in [7, 11) is 0. The maximum atomic E-state index is 13.6. The molecular weight excluding hydrogens is 385 g/mol. The van der Waals surface area contributed by atoms with Crippen LogP contribution in [0.3, 0.4) is 0 Å². The number of aromatic amines is 1. The normalized spacial score (nSPS) is 15.8. The first-order valence-corrected chi connectivity index (χ1v) is 11.2. The Morgan fingerprint density at radius 1 is 1.31 bits per heavy atom. The molecule has 1 saturated heterocycles. The van der Waals surface area contributed by atoms with Crippen LogP contribution in [-0.4, -0.2) is 43.2 Å². The van der Waals surface area contributed by atoms with Crippen molar-refractivity contribution in [3.63, 3.8) is 0 Å². The van der Waals surface area contributed by atoms with Crippen molar-refractivity contribution < 1.29 is 4.39 Å². The number of H-pyrrole nitrogens is 1. The number of nitrogens with one attached hydrogen (secondary N) is 3. The van der Waals surface area contributed by atoms with Gasteiger partial charge in [0.15, 0.2) is 5.96 Å². The van der Waals surface area contributed by atoms with Crippen molar-refractivity contribution in [2.75, 3.05) is 31.1 Å². The predicted octanol–water partition coefficient (Wildman–Crippen LogP) is 4.14. The number of fused-ring (bicyclic) bond motifs is 1. The van der Waals surface area contributed by atoms with E-state index in [9.17, 15) is 4.39 Å². The maximum Gasteiger partial charge on any atom is 0.191 e. The van der Waals surface area contributed by atoms with E-state index in [-0.39, 0.29) is 5.82 Å². The molecule has 0 bridgehead atoms. The first-order chi connectivity index (χ1) is 14.2. The number of halogens is 1. The van der Waals surface area contributed by atoms with Gasteiger partial charge in [0, 0.05) is 49.3 Å². The summed E-state index contributed by atoms with van der Waals surface area (Å²) < 4.78 is 13.6. The minimum atomic E-state index is -0.203. The van der Waals surface area contributed by atoms with Gasteiger partial charge in [-0.05, 0) is 67.5 Å². The van der Waals surface area contributed by atoms with Crippen LogP contribution in [0.1, 0.15) is 25.3 Å². The molecule has 1 fully saturated rings. The van der Waals surface area contributed by atoms with Crippen LogP contribution >= 0.6 is 11.3 Å². The first kappa shape index (κ1) is 19.8. The van der Waals surface area contributed by atoms with Gasteiger partial charge in [-0.15, -0.1) is 11.3 Å². The Labute approximate surface area is 175 Å². The van der Waals surface area contributed by atoms with E-state index < -0.39 is 0 Å². The molecule has 0 aliphatic carbocycles. The molecule has 0 saturated carbocycles. The number of thiophene rings is 1. The number of rotatable bonds is 6. The van der Waals surface area contributed by atoms with Crippen molar-refractivity contribution in [2.45, 2.75) is 32.2 Å². The molecule has 154 valence electrons. The molecular formula is C22H28FN5S. The monoisotopic (exact) mass is 413 g/mol. The van der Waals surface area contributed by atoms with E-state index in [1.807, 2.05) is 17.5 Å². The molecule has 0 radical (unpaired) electrons. The molecule has 1 aliphatic heterocycles. The molecule has 0 amide bonds. The van der Waals surface area contributed by atoms with Gasteiger partial charge in [0.2, 0.25) is 0 Å². The summed E-state index contributed by atoms with van der Waals surface area (Å²) in [6.45, 7) is 5.71. The van der Waals surface area contributed by atoms with E-state index >= 15 is 0 Å². The van der Waals surface area contributed by atoms with Gasteiger partial charge in [0.1, 0.15) is 5.82 Å². The zero-order valence-electron chi connectivity index (χ0n) is 16.7. The lowest BCUT2D eigenvalue weighted by atomic mass is 10.1. The fourth-order valence-electron chi connectivity index (χ4n) is 3.85. The topological polar surface area (TPSA) is 55.5 Å². The molecule has 4 rings (SSSR count). The zero-order chi connectivity index (χ0) is 20.1. The second-order valence-electron chi connectivity index (χ2n) is 7.37. The summed E-state index contributed by atoms with van der Waals surface area (Å²) in [5, 5.41) is 11.4. The smallest absolute Gasteiger partial charge is 0.191 e. The number of aliphatic imine (C=N–C) groups is 1. The molecule has 1 aromatic carbocycles. The fraction of sp³-hybridized carbons (Fsp3) is 0.409. The predicted molar refractivity (Wildman–Crippen MR) is 121 cm³/mol. The van der Waals surface area contributed by atoms with Crippen LogP contribution in [0.4, 0.5) is 9.39 Å². The lowest BCUT2D eigenvalue weighted by molar-refractivity contribution is 0.463. The van der Waals surface area contributed by atoms with Gasteiger partial charge >= 0.3 is 0 Å². The number of guanidine groups is 1. The molecule has 29 heavy (non-hydrogen) atoms. The summed E-state index contributed by atoms with van der Waals surface area (Å²) >= 11 is 1.81. The van der Waals surface area contributed by atoms with Gasteiger partial charge in [0.05, 0.1) is 5.00 Å². The Kier molecular flexibility index (Phi) is 6.34. The number of hydrogen-bond acceptors (Lipinski definition) is 3. The number of hydrogen-bond donors (Lipinski definition) is 3. The van der Waals surface area contributed by atoms with Crippen molar-refractivity contribution in [2.24, 2.45) is 4.99 Å². The summed E-state index contributed by atoms with van der Waals surface area (Å²) in [6, 6.07) is 9.60. The third-order valence-corrected chi connectivity index (χ3v) is 6.31. The van der Waals surface area contributed by atoms with Crippen molar-refractivity contribution in [3.8, 4) is 0 Å². The summed E-state index contributed by atoms with van der Waals surface area (Å²) in [5.41, 5.74) is 2.07. The summed E-state index contributed by atoms with van der Waals surface area (Å²) in [5.74, 6) is 0.666. The highest BCUT2D eigenvalue weighted by Crippen LogP contribution is 2.25. The lowest BCUT2D eigenvalue weighted by Crippen LogP contribution is -2.48. The van der Waals surface area contributed by atoms with Crippen LogP contribution in [0.5, 0.6) is 0 Å². The molecule has 3 heterocycles. The lowest BCUT2D eigenvalue weighted by Gasteiger charge is -2.33. The van der Waals surface area contributed by atoms with Gasteiger partial charge in [0.25, 0.3) is 0 Å². The Morgan fingerprint density at radius 3 is 2.93 bits per heavy atom. The Balaban J connectivity index is 1.32. The number of piperidine rings is 1. The second kappa shape index (κ2) is 9.31. The highest BCUT2D eigenvalue weighted by Gasteiger charge is 2.20. The number of anilines is 1. The molecule has 0 atom stereocenters. The van der Waals surface area contributed by atoms with E-state index in [1.54, 1.807) is 12.1 Å². The fourth-order valence-corrected chi connectivity index (χ4v) is 4.64. The minimum Gasteiger partial charge on any atom is -0.363 e. The van der Waals surface area contributed by atoms with Crippen molar-refractivity contribution in [3.05, 3.63) is 53.3 Å². The van der Waals surface area contributed by atoms with Crippen LogP contribution in [-0.2, 0) is 6.42 Å². The number of nitrogens with zero attached hydrogens (tertiary/aromatic N) is 2. The standard InChI is InChI=1S/C22H28FN5S/c1-2-24-22(27-18-8-11-28(12-9-18)21-4-3-13-29-21)25-10-7-16-15-26-20-6-5-17(23)14-19(16)20/h3-6,13-15,18,26H,2,7-12H2,1H3,(H2,24,25,27). The average molecular weight is 414 g/mol. The SMILES string of the molecule is CCNC(=NCCc1c[nH]c2ccc(F)cc12)NC1CCN(c2cccs2)CC1. The molecule has 5 nitrogen and oxygen atoms in total. The van der Waals surface area contributed by atoms with Gasteiger partial charge in [-0.1, -0.05) is 0 Å². The van der Waals surface area contributed by atoms with Crippen LogP contribution < -0.4 is 15.5 Å². The molecule has 3 aromatic rings. The molecule has 0 unspecified atom stereocenters. The Morgan fingerprint density at radius 2 is 2.17 bits per heavy atom. The van der Waals surface area contributed by atoms with E-state index in [2.05, 4.69) is 45.0 Å². The Bertz CT molecular complexity index is 941. The highest BCUT2D eigenvalue weighted by atomic mass is 32.1. The van der Waals surface area contributed by atoms with E-state index in [0.29, 0.717) is 12.6 Å². The van der Waals surface area contributed by atoms with Crippen molar-refractivity contribution in [1.29, 1.82) is 0 Å². The van der Waals surface area contributed by atoms with Gasteiger partial charge in [-0.25, -0.2) is 4.39 Å². The van der Waals surface area contributed by atoms with E-state index in [0.717, 1.165) is 61.3 Å². The van der Waals surface area contributed by atoms with Crippen LogP contribution in [0.2, 0.25) is 0 Å². The maximum absolute atomic E-state index is 13.6. The van der Waals surface area contributed by atoms with Crippen LogP contribution in [0, 0.1) is 5.82 Å². The van der Waals surface area contributed by atoms with Gasteiger partial charge in [-0.3, -0.25) is 4.99 Å². The van der Waals surface area contributed by atoms with E-state index in [4.69, 9.17) is 4.99 Å². The quantitative estimate of drug-likeness (QED) is 0.421. The average Bonchev–Trinajstić information content (AvgIpc) is 3.39. The Hall–Kier alpha value is -2.54. The third kappa shape index (κ3) is 4.90. The van der Waals surface area contributed by atoms with Crippen molar-refractivity contribution in [1.82, 2.24) is 15.6 Å². The molecule has 0 spiro atoms. The van der Waals surface area contributed by atoms with Crippen LogP contribution in [0.25, 0.3) is 10.9 Å². The molecule has 1 aliphatic rings. The molecule has 3 N–H and O–H groups in total. The first-order valence-electron chi connectivity index (χ1n) is 10.3. The number of aromatic nitrogens is 1. The number of benzene rings is 1. The molecule has 2 aromatic heterocycles. The molecule has 7 heteroatoms. The van der Waals surface area contributed by atoms with Crippen molar-refractivity contribution >= 4 is 33.2 Å².